The summed E-state index contributed by atoms with van der Waals surface area (Å²) < 4.78 is 38.2. The van der Waals surface area contributed by atoms with Crippen LogP contribution in [-0.4, -0.2) is 25.5 Å². The van der Waals surface area contributed by atoms with Gasteiger partial charge in [-0.25, -0.2) is 17.5 Å². The molecule has 1 rings (SSSR count). The highest BCUT2D eigenvalue weighted by atomic mass is 32.2. The highest BCUT2D eigenvalue weighted by Crippen LogP contribution is 2.07. The standard InChI is InChI=1S/C11H14FNO4S/c1-8(6-11(14)15)13-18(16,17)7-9-2-4-10(12)5-3-9/h2-5,8,13H,6-7H2,1H3,(H,14,15). The number of nitrogens with one attached hydrogen (secondary N) is 1. The number of hydrogen-bond donors (Lipinski definition) is 2. The van der Waals surface area contributed by atoms with Gasteiger partial charge in [-0.3, -0.25) is 4.79 Å². The lowest BCUT2D eigenvalue weighted by atomic mass is 10.2. The molecule has 0 spiro atoms. The van der Waals surface area contributed by atoms with Crippen molar-refractivity contribution < 1.29 is 22.7 Å². The minimum Gasteiger partial charge on any atom is -0.481 e. The first-order valence-corrected chi connectivity index (χ1v) is 6.90. The molecule has 0 fully saturated rings. The molecule has 7 heteroatoms. The van der Waals surface area contributed by atoms with E-state index in [0.717, 1.165) is 0 Å². The van der Waals surface area contributed by atoms with Crippen LogP contribution >= 0.6 is 0 Å². The molecule has 18 heavy (non-hydrogen) atoms. The fourth-order valence-electron chi connectivity index (χ4n) is 1.45. The topological polar surface area (TPSA) is 83.5 Å². The van der Waals surface area contributed by atoms with Crippen molar-refractivity contribution in [3.63, 3.8) is 0 Å². The molecule has 0 heterocycles. The summed E-state index contributed by atoms with van der Waals surface area (Å²) >= 11 is 0. The van der Waals surface area contributed by atoms with Gasteiger partial charge in [-0.05, 0) is 24.6 Å². The number of halogens is 1. The molecular weight excluding hydrogens is 261 g/mol. The van der Waals surface area contributed by atoms with Crippen molar-refractivity contribution in [2.24, 2.45) is 0 Å². The Hall–Kier alpha value is -1.47. The fourth-order valence-corrected chi connectivity index (χ4v) is 2.86. The normalized spacial score (nSPS) is 13.2. The maximum atomic E-state index is 12.6. The molecule has 1 aromatic rings. The molecule has 1 atom stereocenters. The Morgan fingerprint density at radius 2 is 1.94 bits per heavy atom. The second-order valence-corrected chi connectivity index (χ2v) is 5.76. The van der Waals surface area contributed by atoms with E-state index in [0.29, 0.717) is 5.56 Å². The number of benzene rings is 1. The third-order valence-corrected chi connectivity index (χ3v) is 3.61. The third kappa shape index (κ3) is 5.24. The summed E-state index contributed by atoms with van der Waals surface area (Å²) in [5, 5.41) is 8.52. The highest BCUT2D eigenvalue weighted by molar-refractivity contribution is 7.88. The van der Waals surface area contributed by atoms with Gasteiger partial charge in [0.1, 0.15) is 5.82 Å². The van der Waals surface area contributed by atoms with E-state index in [1.54, 1.807) is 0 Å². The van der Waals surface area contributed by atoms with E-state index in [1.165, 1.54) is 31.2 Å². The van der Waals surface area contributed by atoms with Crippen molar-refractivity contribution in [2.45, 2.75) is 25.1 Å². The van der Waals surface area contributed by atoms with Crippen LogP contribution < -0.4 is 4.72 Å². The zero-order valence-corrected chi connectivity index (χ0v) is 10.6. The van der Waals surface area contributed by atoms with Crippen LogP contribution in [0.2, 0.25) is 0 Å². The Morgan fingerprint density at radius 1 is 1.39 bits per heavy atom. The summed E-state index contributed by atoms with van der Waals surface area (Å²) in [5.41, 5.74) is 0.437. The number of aliphatic carboxylic acids is 1. The molecule has 0 saturated carbocycles. The van der Waals surface area contributed by atoms with Gasteiger partial charge in [-0.15, -0.1) is 0 Å². The Kier molecular flexibility index (Phi) is 4.80. The first-order valence-electron chi connectivity index (χ1n) is 5.25. The molecule has 0 radical (unpaired) electrons. The highest BCUT2D eigenvalue weighted by Gasteiger charge is 2.17. The minimum absolute atomic E-state index is 0.289. The minimum atomic E-state index is -3.63. The largest absolute Gasteiger partial charge is 0.481 e. The molecule has 0 saturated heterocycles. The third-order valence-electron chi connectivity index (χ3n) is 2.13. The van der Waals surface area contributed by atoms with Gasteiger partial charge in [0.2, 0.25) is 10.0 Å². The van der Waals surface area contributed by atoms with Gasteiger partial charge in [0, 0.05) is 6.04 Å². The second kappa shape index (κ2) is 5.92. The van der Waals surface area contributed by atoms with Gasteiger partial charge >= 0.3 is 5.97 Å². The van der Waals surface area contributed by atoms with E-state index < -0.39 is 27.9 Å². The van der Waals surface area contributed by atoms with Crippen molar-refractivity contribution in [3.8, 4) is 0 Å². The van der Waals surface area contributed by atoms with Crippen LogP contribution in [0.1, 0.15) is 18.9 Å². The van der Waals surface area contributed by atoms with Crippen molar-refractivity contribution >= 4 is 16.0 Å². The fraction of sp³-hybridized carbons (Fsp3) is 0.364. The molecule has 0 aromatic heterocycles. The van der Waals surface area contributed by atoms with Gasteiger partial charge < -0.3 is 5.11 Å². The van der Waals surface area contributed by atoms with Crippen LogP contribution in [0.3, 0.4) is 0 Å². The van der Waals surface area contributed by atoms with Crippen LogP contribution in [0.4, 0.5) is 4.39 Å². The zero-order chi connectivity index (χ0) is 13.8. The molecule has 100 valence electrons. The monoisotopic (exact) mass is 275 g/mol. The van der Waals surface area contributed by atoms with E-state index in [9.17, 15) is 17.6 Å². The smallest absolute Gasteiger partial charge is 0.304 e. The van der Waals surface area contributed by atoms with E-state index in [4.69, 9.17) is 5.11 Å². The summed E-state index contributed by atoms with van der Waals surface area (Å²) in [4.78, 5) is 10.4. The Morgan fingerprint density at radius 3 is 2.44 bits per heavy atom. The van der Waals surface area contributed by atoms with E-state index in [2.05, 4.69) is 4.72 Å². The lowest BCUT2D eigenvalue weighted by Crippen LogP contribution is -2.35. The van der Waals surface area contributed by atoms with Gasteiger partial charge in [-0.2, -0.15) is 0 Å². The van der Waals surface area contributed by atoms with E-state index in [-0.39, 0.29) is 12.2 Å². The predicted octanol–water partition coefficient (Wildman–Crippen LogP) is 1.11. The number of carboxylic acid groups (broad SMARTS) is 1. The number of carboxylic acids is 1. The molecule has 0 aliphatic heterocycles. The van der Waals surface area contributed by atoms with E-state index in [1.807, 2.05) is 0 Å². The van der Waals surface area contributed by atoms with Crippen LogP contribution in [-0.2, 0) is 20.6 Å². The Labute approximate surface area is 105 Å². The summed E-state index contributed by atoms with van der Waals surface area (Å²) in [7, 11) is -3.63. The summed E-state index contributed by atoms with van der Waals surface area (Å²) in [6.45, 7) is 1.47. The summed E-state index contributed by atoms with van der Waals surface area (Å²) in [5.74, 6) is -1.83. The number of sulfonamides is 1. The molecule has 0 bridgehead atoms. The predicted molar refractivity (Wildman–Crippen MR) is 63.9 cm³/mol. The SMILES string of the molecule is CC(CC(=O)O)NS(=O)(=O)Cc1ccc(F)cc1. The molecule has 5 nitrogen and oxygen atoms in total. The average Bonchev–Trinajstić information content (AvgIpc) is 2.18. The molecule has 2 N–H and O–H groups in total. The zero-order valence-electron chi connectivity index (χ0n) is 9.76. The lowest BCUT2D eigenvalue weighted by molar-refractivity contribution is -0.137. The Bertz CT molecular complexity index is 512. The van der Waals surface area contributed by atoms with Gasteiger partial charge in [0.05, 0.1) is 12.2 Å². The summed E-state index contributed by atoms with van der Waals surface area (Å²) in [6, 6.07) is 4.40. The maximum absolute atomic E-state index is 12.6. The van der Waals surface area contributed by atoms with Crippen molar-refractivity contribution in [1.29, 1.82) is 0 Å². The molecular formula is C11H14FNO4S. The first-order chi connectivity index (χ1) is 8.28. The van der Waals surface area contributed by atoms with Crippen LogP contribution in [0, 0.1) is 5.82 Å². The molecule has 0 aliphatic carbocycles. The maximum Gasteiger partial charge on any atom is 0.304 e. The first kappa shape index (κ1) is 14.6. The Balaban J connectivity index is 2.64. The molecule has 0 aliphatic rings. The lowest BCUT2D eigenvalue weighted by Gasteiger charge is -2.12. The van der Waals surface area contributed by atoms with Crippen LogP contribution in [0.15, 0.2) is 24.3 Å². The van der Waals surface area contributed by atoms with Crippen molar-refractivity contribution in [2.75, 3.05) is 0 Å². The average molecular weight is 275 g/mol. The van der Waals surface area contributed by atoms with Crippen LogP contribution in [0.25, 0.3) is 0 Å². The number of hydrogen-bond acceptors (Lipinski definition) is 3. The quantitative estimate of drug-likeness (QED) is 0.814. The van der Waals surface area contributed by atoms with Crippen molar-refractivity contribution in [3.05, 3.63) is 35.6 Å². The van der Waals surface area contributed by atoms with Gasteiger partial charge in [-0.1, -0.05) is 12.1 Å². The second-order valence-electron chi connectivity index (χ2n) is 4.00. The number of carbonyl (C=O) groups is 1. The van der Waals surface area contributed by atoms with E-state index >= 15 is 0 Å². The molecule has 1 unspecified atom stereocenters. The van der Waals surface area contributed by atoms with Crippen LogP contribution in [0.5, 0.6) is 0 Å². The molecule has 1 aromatic carbocycles. The van der Waals surface area contributed by atoms with Gasteiger partial charge in [0.15, 0.2) is 0 Å². The van der Waals surface area contributed by atoms with Gasteiger partial charge in [0.25, 0.3) is 0 Å². The number of rotatable bonds is 6. The van der Waals surface area contributed by atoms with Crippen molar-refractivity contribution in [1.82, 2.24) is 4.72 Å². The molecule has 0 amide bonds. The summed E-state index contributed by atoms with van der Waals surface area (Å²) in [6.07, 6.45) is -0.289.